The summed E-state index contributed by atoms with van der Waals surface area (Å²) in [4.78, 5) is 15.6. The predicted molar refractivity (Wildman–Crippen MR) is 131 cm³/mol. The summed E-state index contributed by atoms with van der Waals surface area (Å²) in [6.07, 6.45) is 5.75. The van der Waals surface area contributed by atoms with Gasteiger partial charge in [0.1, 0.15) is 11.6 Å². The number of aliphatic imine (C=N–C) groups is 1. The Kier molecular flexibility index (Phi) is 9.99. The van der Waals surface area contributed by atoms with Gasteiger partial charge in [0.15, 0.2) is 5.96 Å². The lowest BCUT2D eigenvalue weighted by Crippen LogP contribution is -2.50. The first kappa shape index (κ1) is 24.5. The Hall–Kier alpha value is -1.72. The Labute approximate surface area is 196 Å². The van der Waals surface area contributed by atoms with E-state index in [9.17, 15) is 0 Å². The Morgan fingerprint density at radius 3 is 2.77 bits per heavy atom. The van der Waals surface area contributed by atoms with Crippen LogP contribution in [0.4, 0.5) is 0 Å². The number of imidazole rings is 1. The zero-order valence-electron chi connectivity index (χ0n) is 18.3. The van der Waals surface area contributed by atoms with Crippen molar-refractivity contribution in [3.63, 3.8) is 0 Å². The molecule has 9 heteroatoms. The first-order chi connectivity index (χ1) is 14.0. The first-order valence-electron chi connectivity index (χ1n) is 10.3. The number of hydrogen-bond acceptors (Lipinski definition) is 5. The fourth-order valence-electron chi connectivity index (χ4n) is 3.49. The molecule has 0 radical (unpaired) electrons. The highest BCUT2D eigenvalue weighted by molar-refractivity contribution is 14.0. The quantitative estimate of drug-likeness (QED) is 0.327. The number of hydrogen-bond donors (Lipinski definition) is 2. The zero-order chi connectivity index (χ0) is 20.6. The van der Waals surface area contributed by atoms with Crippen LogP contribution in [0.1, 0.15) is 25.2 Å². The van der Waals surface area contributed by atoms with Gasteiger partial charge in [-0.15, -0.1) is 24.0 Å². The van der Waals surface area contributed by atoms with Gasteiger partial charge < -0.3 is 15.4 Å². The van der Waals surface area contributed by atoms with Crippen LogP contribution < -0.4 is 10.6 Å². The summed E-state index contributed by atoms with van der Waals surface area (Å²) < 4.78 is 7.86. The second kappa shape index (κ2) is 12.2. The summed E-state index contributed by atoms with van der Waals surface area (Å²) in [6.45, 7) is 11.8. The summed E-state index contributed by atoms with van der Waals surface area (Å²) in [5.41, 5.74) is 1.09. The molecule has 0 aliphatic carbocycles. The molecule has 1 fully saturated rings. The molecule has 0 saturated carbocycles. The van der Waals surface area contributed by atoms with Gasteiger partial charge in [-0.25, -0.2) is 9.97 Å². The normalized spacial score (nSPS) is 17.6. The maximum Gasteiger partial charge on any atom is 0.191 e. The number of nitrogens with zero attached hydrogens (tertiary/aromatic N) is 5. The molecule has 1 atom stereocenters. The molecule has 3 rings (SSSR count). The lowest BCUT2D eigenvalue weighted by Gasteiger charge is -2.34. The van der Waals surface area contributed by atoms with E-state index in [0.29, 0.717) is 12.5 Å². The van der Waals surface area contributed by atoms with E-state index >= 15 is 0 Å². The number of pyridine rings is 1. The molecule has 1 saturated heterocycles. The van der Waals surface area contributed by atoms with E-state index in [1.807, 2.05) is 30.0 Å². The Morgan fingerprint density at radius 2 is 2.13 bits per heavy atom. The van der Waals surface area contributed by atoms with Gasteiger partial charge in [-0.3, -0.25) is 14.5 Å². The monoisotopic (exact) mass is 527 g/mol. The second-order valence-corrected chi connectivity index (χ2v) is 7.82. The van der Waals surface area contributed by atoms with Crippen LogP contribution in [-0.4, -0.2) is 71.3 Å². The van der Waals surface area contributed by atoms with Gasteiger partial charge >= 0.3 is 0 Å². The minimum Gasteiger partial charge on any atom is -0.374 e. The molecular formula is C21H34IN7O. The number of halogens is 1. The third kappa shape index (κ3) is 7.21. The van der Waals surface area contributed by atoms with Crippen LogP contribution in [0.5, 0.6) is 0 Å². The fourth-order valence-corrected chi connectivity index (χ4v) is 3.49. The van der Waals surface area contributed by atoms with Crippen molar-refractivity contribution in [3.8, 4) is 5.82 Å². The number of nitrogens with one attached hydrogen (secondary N) is 2. The summed E-state index contributed by atoms with van der Waals surface area (Å²) in [5.74, 6) is 3.23. The molecule has 1 aliphatic rings. The number of guanidine groups is 1. The van der Waals surface area contributed by atoms with Gasteiger partial charge in [-0.2, -0.15) is 0 Å². The molecule has 0 bridgehead atoms. The molecule has 8 nitrogen and oxygen atoms in total. The largest absolute Gasteiger partial charge is 0.374 e. The molecular weight excluding hydrogens is 493 g/mol. The Bertz CT molecular complexity index is 791. The van der Waals surface area contributed by atoms with Gasteiger partial charge in [0, 0.05) is 58.4 Å². The van der Waals surface area contributed by atoms with Gasteiger partial charge in [-0.1, -0.05) is 19.9 Å². The highest BCUT2D eigenvalue weighted by Gasteiger charge is 2.21. The third-order valence-corrected chi connectivity index (χ3v) is 4.91. The van der Waals surface area contributed by atoms with Gasteiger partial charge in [0.25, 0.3) is 0 Å². The average molecular weight is 527 g/mol. The first-order valence-corrected chi connectivity index (χ1v) is 10.3. The minimum atomic E-state index is 0. The number of aromatic nitrogens is 3. The van der Waals surface area contributed by atoms with E-state index in [4.69, 9.17) is 4.74 Å². The van der Waals surface area contributed by atoms with Crippen molar-refractivity contribution < 1.29 is 4.74 Å². The van der Waals surface area contributed by atoms with Crippen LogP contribution in [0.25, 0.3) is 5.82 Å². The second-order valence-electron chi connectivity index (χ2n) is 7.82. The van der Waals surface area contributed by atoms with Crippen molar-refractivity contribution in [1.29, 1.82) is 0 Å². The van der Waals surface area contributed by atoms with Crippen molar-refractivity contribution >= 4 is 29.9 Å². The number of rotatable bonds is 7. The molecule has 1 aliphatic heterocycles. The third-order valence-electron chi connectivity index (χ3n) is 4.91. The van der Waals surface area contributed by atoms with Gasteiger partial charge in [0.05, 0.1) is 12.7 Å². The SMILES string of the molecule is CN=C(NCc1ccc(-n2ccnc2C)nc1)NCC1CN(CC(C)C)CCO1.I. The number of morpholine rings is 1. The highest BCUT2D eigenvalue weighted by atomic mass is 127. The summed E-state index contributed by atoms with van der Waals surface area (Å²) in [6, 6.07) is 4.07. The molecule has 166 valence electrons. The lowest BCUT2D eigenvalue weighted by atomic mass is 10.2. The predicted octanol–water partition coefficient (Wildman–Crippen LogP) is 2.22. The number of ether oxygens (including phenoxy) is 1. The lowest BCUT2D eigenvalue weighted by molar-refractivity contribution is -0.0284. The topological polar surface area (TPSA) is 79.6 Å². The molecule has 30 heavy (non-hydrogen) atoms. The molecule has 0 aromatic carbocycles. The molecule has 1 unspecified atom stereocenters. The van der Waals surface area contributed by atoms with Crippen LogP contribution in [-0.2, 0) is 11.3 Å². The van der Waals surface area contributed by atoms with Crippen LogP contribution in [0, 0.1) is 12.8 Å². The van der Waals surface area contributed by atoms with Crippen molar-refractivity contribution in [2.45, 2.75) is 33.4 Å². The van der Waals surface area contributed by atoms with E-state index in [2.05, 4.69) is 50.4 Å². The summed E-state index contributed by atoms with van der Waals surface area (Å²) in [7, 11) is 1.78. The van der Waals surface area contributed by atoms with E-state index in [1.165, 1.54) is 0 Å². The Balaban J connectivity index is 0.00000320. The summed E-state index contributed by atoms with van der Waals surface area (Å²) >= 11 is 0. The van der Waals surface area contributed by atoms with Crippen LogP contribution in [0.3, 0.4) is 0 Å². The molecule has 3 heterocycles. The van der Waals surface area contributed by atoms with Crippen molar-refractivity contribution in [2.75, 3.05) is 39.8 Å². The fraction of sp³-hybridized carbons (Fsp3) is 0.571. The van der Waals surface area contributed by atoms with E-state index < -0.39 is 0 Å². The molecule has 0 spiro atoms. The zero-order valence-corrected chi connectivity index (χ0v) is 20.7. The highest BCUT2D eigenvalue weighted by Crippen LogP contribution is 2.09. The van der Waals surface area contributed by atoms with Gasteiger partial charge in [-0.05, 0) is 24.5 Å². The molecule has 0 amide bonds. The van der Waals surface area contributed by atoms with Crippen molar-refractivity contribution in [1.82, 2.24) is 30.1 Å². The molecule has 2 aromatic rings. The average Bonchev–Trinajstić information content (AvgIpc) is 3.14. The smallest absolute Gasteiger partial charge is 0.191 e. The molecule has 2 aromatic heterocycles. The standard InChI is InChI=1S/C21H33N7O.HI/c1-16(2)14-27-9-10-29-19(15-27)13-26-21(22-4)25-12-18-5-6-20(24-11-18)28-8-7-23-17(28)3;/h5-8,11,16,19H,9-10,12-15H2,1-4H3,(H2,22,25,26);1H. The maximum atomic E-state index is 5.90. The van der Waals surface area contributed by atoms with E-state index in [-0.39, 0.29) is 30.1 Å². The van der Waals surface area contributed by atoms with Crippen LogP contribution in [0.2, 0.25) is 0 Å². The van der Waals surface area contributed by atoms with Crippen LogP contribution in [0.15, 0.2) is 35.7 Å². The summed E-state index contributed by atoms with van der Waals surface area (Å²) in [5, 5.41) is 6.72. The van der Waals surface area contributed by atoms with Gasteiger partial charge in [0.2, 0.25) is 0 Å². The number of aryl methyl sites for hydroxylation is 1. The van der Waals surface area contributed by atoms with E-state index in [0.717, 1.165) is 56.0 Å². The minimum absolute atomic E-state index is 0. The molecule has 2 N–H and O–H groups in total. The maximum absolute atomic E-state index is 5.90. The van der Waals surface area contributed by atoms with Crippen LogP contribution >= 0.6 is 24.0 Å². The Morgan fingerprint density at radius 1 is 1.30 bits per heavy atom. The van der Waals surface area contributed by atoms with Crippen molar-refractivity contribution in [3.05, 3.63) is 42.1 Å². The van der Waals surface area contributed by atoms with E-state index in [1.54, 1.807) is 13.2 Å². The van der Waals surface area contributed by atoms with Crippen molar-refractivity contribution in [2.24, 2.45) is 10.9 Å².